The first kappa shape index (κ1) is 49.5. The molecule has 0 aromatic heterocycles. The van der Waals surface area contributed by atoms with Gasteiger partial charge < -0.3 is 29.1 Å². The largest absolute Gasteiger partial charge is 0.756 e. The molecule has 0 amide bonds. The summed E-state index contributed by atoms with van der Waals surface area (Å²) in [5.41, 5.74) is 5.31. The SMILES string of the molecule is CCCCCCCC/C=C/CCCCCCCC(=O)OC[C@H](COP(=O)([O-])OCCN)OC(=O)CCCCCCC/C=C/CCCCCCCC. The Balaban J connectivity index is 4.20. The summed E-state index contributed by atoms with van der Waals surface area (Å²) in [5.74, 6) is -0.881. The first-order chi connectivity index (χ1) is 24.8. The van der Waals surface area contributed by atoms with E-state index in [1.54, 1.807) is 0 Å². The van der Waals surface area contributed by atoms with E-state index < -0.39 is 32.5 Å². The number of phosphoric ester groups is 1. The molecule has 300 valence electrons. The van der Waals surface area contributed by atoms with Crippen molar-refractivity contribution in [2.24, 2.45) is 5.73 Å². The van der Waals surface area contributed by atoms with Gasteiger partial charge in [0.05, 0.1) is 13.2 Å². The first-order valence-electron chi connectivity index (χ1n) is 20.8. The molecule has 0 aromatic carbocycles. The first-order valence-corrected chi connectivity index (χ1v) is 22.3. The van der Waals surface area contributed by atoms with Crippen LogP contribution in [-0.2, 0) is 32.7 Å². The van der Waals surface area contributed by atoms with Crippen molar-refractivity contribution >= 4 is 19.8 Å². The van der Waals surface area contributed by atoms with Crippen LogP contribution in [0.2, 0.25) is 0 Å². The van der Waals surface area contributed by atoms with Crippen molar-refractivity contribution in [2.75, 3.05) is 26.4 Å². The van der Waals surface area contributed by atoms with Gasteiger partial charge in [0, 0.05) is 19.4 Å². The van der Waals surface area contributed by atoms with Crippen molar-refractivity contribution in [3.05, 3.63) is 24.3 Å². The molecule has 0 aliphatic rings. The molecular formula is C41H77NO8P-. The number of carbonyl (C=O) groups is 2. The molecule has 2 N–H and O–H groups in total. The number of hydrogen-bond donors (Lipinski definition) is 1. The van der Waals surface area contributed by atoms with Crippen LogP contribution in [0.3, 0.4) is 0 Å². The molecular weight excluding hydrogens is 665 g/mol. The average Bonchev–Trinajstić information content (AvgIpc) is 3.11. The summed E-state index contributed by atoms with van der Waals surface area (Å²) in [7, 11) is -4.62. The summed E-state index contributed by atoms with van der Waals surface area (Å²) in [6.45, 7) is 3.51. The summed E-state index contributed by atoms with van der Waals surface area (Å²) in [4.78, 5) is 36.9. The lowest BCUT2D eigenvalue weighted by atomic mass is 10.1. The van der Waals surface area contributed by atoms with Crippen LogP contribution >= 0.6 is 7.82 Å². The van der Waals surface area contributed by atoms with Crippen molar-refractivity contribution in [1.29, 1.82) is 0 Å². The molecule has 10 heteroatoms. The number of carbonyl (C=O) groups excluding carboxylic acids is 2. The molecule has 0 aromatic rings. The maximum Gasteiger partial charge on any atom is 0.306 e. The molecule has 0 aliphatic heterocycles. The van der Waals surface area contributed by atoms with Crippen LogP contribution in [0.25, 0.3) is 0 Å². The Morgan fingerprint density at radius 3 is 1.39 bits per heavy atom. The molecule has 1 unspecified atom stereocenters. The second-order valence-corrected chi connectivity index (χ2v) is 15.2. The highest BCUT2D eigenvalue weighted by Gasteiger charge is 2.21. The maximum atomic E-state index is 12.5. The predicted molar refractivity (Wildman–Crippen MR) is 208 cm³/mol. The number of phosphoric acid groups is 1. The number of hydrogen-bond acceptors (Lipinski definition) is 9. The second-order valence-electron chi connectivity index (χ2n) is 13.8. The Labute approximate surface area is 312 Å². The Bertz CT molecular complexity index is 897. The fourth-order valence-electron chi connectivity index (χ4n) is 5.68. The van der Waals surface area contributed by atoms with E-state index in [9.17, 15) is 19.0 Å². The minimum Gasteiger partial charge on any atom is -0.756 e. The number of nitrogens with two attached hydrogens (primary N) is 1. The van der Waals surface area contributed by atoms with Crippen LogP contribution in [0.1, 0.15) is 194 Å². The third-order valence-electron chi connectivity index (χ3n) is 8.80. The molecule has 0 saturated heterocycles. The van der Waals surface area contributed by atoms with E-state index in [4.69, 9.17) is 19.7 Å². The molecule has 0 fully saturated rings. The van der Waals surface area contributed by atoms with E-state index in [1.807, 2.05) is 0 Å². The van der Waals surface area contributed by atoms with Gasteiger partial charge in [-0.15, -0.1) is 0 Å². The van der Waals surface area contributed by atoms with Crippen LogP contribution in [0.4, 0.5) is 0 Å². The van der Waals surface area contributed by atoms with Crippen molar-refractivity contribution in [3.8, 4) is 0 Å². The fraction of sp³-hybridized carbons (Fsp3) is 0.854. The van der Waals surface area contributed by atoms with E-state index in [1.165, 1.54) is 89.9 Å². The van der Waals surface area contributed by atoms with Crippen LogP contribution < -0.4 is 10.6 Å². The summed E-state index contributed by atoms with van der Waals surface area (Å²) in [6.07, 6.45) is 38.9. The molecule has 0 radical (unpaired) electrons. The Kier molecular flexibility index (Phi) is 37.1. The quantitative estimate of drug-likeness (QED) is 0.0282. The third kappa shape index (κ3) is 38.0. The zero-order valence-corrected chi connectivity index (χ0v) is 33.7. The standard InChI is InChI=1S/C41H78NO8P/c1-3-5-7-9-11-13-15-17-19-21-23-25-27-29-31-33-40(43)47-37-39(38-49-51(45,46)48-36-35-42)50-41(44)34-32-30-28-26-24-22-20-18-16-14-12-10-8-6-4-2/h17-20,39H,3-16,21-38,42H2,1-2H3,(H,45,46)/p-1/b19-17+,20-18+/t39-/m1/s1. The van der Waals surface area contributed by atoms with E-state index >= 15 is 0 Å². The van der Waals surface area contributed by atoms with Gasteiger partial charge in [-0.3, -0.25) is 14.2 Å². The van der Waals surface area contributed by atoms with Gasteiger partial charge in [0.15, 0.2) is 6.10 Å². The lowest BCUT2D eigenvalue weighted by molar-refractivity contribution is -0.228. The number of rotatable bonds is 39. The number of esters is 2. The van der Waals surface area contributed by atoms with Gasteiger partial charge in [0.2, 0.25) is 0 Å². The van der Waals surface area contributed by atoms with E-state index in [-0.39, 0.29) is 32.6 Å². The number of allylic oxidation sites excluding steroid dienone is 4. The van der Waals surface area contributed by atoms with E-state index in [2.05, 4.69) is 42.7 Å². The average molecular weight is 743 g/mol. The lowest BCUT2D eigenvalue weighted by Crippen LogP contribution is -2.30. The molecule has 0 saturated carbocycles. The fourth-order valence-corrected chi connectivity index (χ4v) is 6.43. The van der Waals surface area contributed by atoms with Crippen LogP contribution in [0.5, 0.6) is 0 Å². The zero-order valence-electron chi connectivity index (χ0n) is 32.8. The van der Waals surface area contributed by atoms with E-state index in [0.29, 0.717) is 12.8 Å². The number of ether oxygens (including phenoxy) is 2. The van der Waals surface area contributed by atoms with Crippen LogP contribution in [-0.4, -0.2) is 44.4 Å². The Morgan fingerprint density at radius 1 is 0.569 bits per heavy atom. The van der Waals surface area contributed by atoms with Gasteiger partial charge in [-0.05, 0) is 64.2 Å². The summed E-state index contributed by atoms with van der Waals surface area (Å²) >= 11 is 0. The third-order valence-corrected chi connectivity index (χ3v) is 9.76. The summed E-state index contributed by atoms with van der Waals surface area (Å²) < 4.78 is 32.3. The lowest BCUT2D eigenvalue weighted by Gasteiger charge is -2.25. The van der Waals surface area contributed by atoms with Crippen LogP contribution in [0, 0.1) is 0 Å². The Hall–Kier alpha value is -1.51. The van der Waals surface area contributed by atoms with Crippen LogP contribution in [0.15, 0.2) is 24.3 Å². The molecule has 51 heavy (non-hydrogen) atoms. The molecule has 0 rings (SSSR count). The summed E-state index contributed by atoms with van der Waals surface area (Å²) in [6, 6.07) is 0. The normalized spacial score (nSPS) is 13.6. The smallest absolute Gasteiger partial charge is 0.306 e. The molecule has 0 aliphatic carbocycles. The monoisotopic (exact) mass is 743 g/mol. The van der Waals surface area contributed by atoms with Gasteiger partial charge in [0.25, 0.3) is 7.82 Å². The summed E-state index contributed by atoms with van der Waals surface area (Å²) in [5, 5.41) is 0. The second kappa shape index (κ2) is 38.2. The van der Waals surface area contributed by atoms with Crippen molar-refractivity contribution in [1.82, 2.24) is 0 Å². The van der Waals surface area contributed by atoms with Crippen molar-refractivity contribution in [3.63, 3.8) is 0 Å². The highest BCUT2D eigenvalue weighted by atomic mass is 31.2. The Morgan fingerprint density at radius 2 is 0.961 bits per heavy atom. The molecule has 9 nitrogen and oxygen atoms in total. The topological polar surface area (TPSA) is 137 Å². The highest BCUT2D eigenvalue weighted by molar-refractivity contribution is 7.45. The van der Waals surface area contributed by atoms with E-state index in [0.717, 1.165) is 64.2 Å². The molecule has 0 bridgehead atoms. The minimum absolute atomic E-state index is 0.0118. The maximum absolute atomic E-state index is 12.5. The van der Waals surface area contributed by atoms with Gasteiger partial charge in [0.1, 0.15) is 6.61 Å². The predicted octanol–water partition coefficient (Wildman–Crippen LogP) is 11.0. The van der Waals surface area contributed by atoms with Crippen molar-refractivity contribution < 1.29 is 37.6 Å². The minimum atomic E-state index is -4.62. The molecule has 2 atom stereocenters. The highest BCUT2D eigenvalue weighted by Crippen LogP contribution is 2.38. The number of unbranched alkanes of at least 4 members (excludes halogenated alkanes) is 22. The van der Waals surface area contributed by atoms with Gasteiger partial charge in [-0.2, -0.15) is 0 Å². The van der Waals surface area contributed by atoms with Crippen molar-refractivity contribution in [2.45, 2.75) is 200 Å². The van der Waals surface area contributed by atoms with Gasteiger partial charge >= 0.3 is 11.9 Å². The molecule has 0 spiro atoms. The van der Waals surface area contributed by atoms with Gasteiger partial charge in [-0.1, -0.05) is 141 Å². The molecule has 0 heterocycles. The zero-order chi connectivity index (χ0) is 37.5. The van der Waals surface area contributed by atoms with Gasteiger partial charge in [-0.25, -0.2) is 0 Å².